The van der Waals surface area contributed by atoms with Crippen LogP contribution in [0.2, 0.25) is 5.02 Å². The van der Waals surface area contributed by atoms with Gasteiger partial charge in [-0.2, -0.15) is 0 Å². The van der Waals surface area contributed by atoms with Crippen LogP contribution in [0.5, 0.6) is 5.75 Å². The summed E-state index contributed by atoms with van der Waals surface area (Å²) in [4.78, 5) is 2.18. The van der Waals surface area contributed by atoms with Crippen molar-refractivity contribution in [2.24, 2.45) is 0 Å². The first kappa shape index (κ1) is 14.3. The molecule has 0 unspecified atom stereocenters. The van der Waals surface area contributed by atoms with Crippen molar-refractivity contribution in [2.45, 2.75) is 13.3 Å². The third-order valence-electron chi connectivity index (χ3n) is 2.46. The van der Waals surface area contributed by atoms with Gasteiger partial charge in [0.15, 0.2) is 0 Å². The average molecular weight is 258 g/mol. The highest BCUT2D eigenvalue weighted by Crippen LogP contribution is 2.22. The van der Waals surface area contributed by atoms with Crippen LogP contribution in [0.25, 0.3) is 0 Å². The molecule has 0 atom stereocenters. The van der Waals surface area contributed by atoms with Gasteiger partial charge in [0.05, 0.1) is 11.6 Å². The van der Waals surface area contributed by atoms with Crippen molar-refractivity contribution in [2.75, 3.05) is 32.8 Å². The lowest BCUT2D eigenvalue weighted by molar-refractivity contribution is 0.168. The monoisotopic (exact) mass is 257 g/mol. The van der Waals surface area contributed by atoms with Crippen LogP contribution in [-0.2, 0) is 0 Å². The van der Waals surface area contributed by atoms with E-state index < -0.39 is 0 Å². The Bertz CT molecular complexity index is 314. The number of aliphatic hydroxyl groups excluding tert-OH is 1. The maximum Gasteiger partial charge on any atom is 0.137 e. The Morgan fingerprint density at radius 2 is 2.00 bits per heavy atom. The topological polar surface area (TPSA) is 32.7 Å². The molecular weight excluding hydrogens is 238 g/mol. The SMILES string of the molecule is CCCN(CCO)CCOc1ccccc1Cl. The molecule has 0 spiro atoms. The van der Waals surface area contributed by atoms with Crippen molar-refractivity contribution in [3.63, 3.8) is 0 Å². The molecule has 0 aliphatic heterocycles. The van der Waals surface area contributed by atoms with Crippen LogP contribution in [-0.4, -0.2) is 42.9 Å². The Labute approximate surface area is 108 Å². The third kappa shape index (κ3) is 5.39. The first-order chi connectivity index (χ1) is 8.27. The summed E-state index contributed by atoms with van der Waals surface area (Å²) in [6.45, 7) is 5.38. The minimum Gasteiger partial charge on any atom is -0.491 e. The minimum absolute atomic E-state index is 0.187. The molecule has 4 heteroatoms. The van der Waals surface area contributed by atoms with Crippen LogP contribution < -0.4 is 4.74 Å². The lowest BCUT2D eigenvalue weighted by atomic mass is 10.3. The minimum atomic E-state index is 0.187. The van der Waals surface area contributed by atoms with Crippen LogP contribution in [0.15, 0.2) is 24.3 Å². The van der Waals surface area contributed by atoms with E-state index in [-0.39, 0.29) is 6.61 Å². The quantitative estimate of drug-likeness (QED) is 0.776. The molecule has 0 aromatic heterocycles. The van der Waals surface area contributed by atoms with E-state index in [9.17, 15) is 0 Å². The second kappa shape index (κ2) is 8.34. The number of aliphatic hydroxyl groups is 1. The Morgan fingerprint density at radius 3 is 2.65 bits per heavy atom. The zero-order valence-electron chi connectivity index (χ0n) is 10.2. The third-order valence-corrected chi connectivity index (χ3v) is 2.77. The second-order valence-corrected chi connectivity index (χ2v) is 4.25. The standard InChI is InChI=1S/C13H20ClNO2/c1-2-7-15(8-10-16)9-11-17-13-6-4-3-5-12(13)14/h3-6,16H,2,7-11H2,1H3. The second-order valence-electron chi connectivity index (χ2n) is 3.84. The van der Waals surface area contributed by atoms with Gasteiger partial charge in [-0.3, -0.25) is 4.90 Å². The van der Waals surface area contributed by atoms with Gasteiger partial charge >= 0.3 is 0 Å². The van der Waals surface area contributed by atoms with E-state index in [1.54, 1.807) is 0 Å². The lowest BCUT2D eigenvalue weighted by Crippen LogP contribution is -2.31. The molecule has 3 nitrogen and oxygen atoms in total. The first-order valence-corrected chi connectivity index (χ1v) is 6.36. The number of para-hydroxylation sites is 1. The summed E-state index contributed by atoms with van der Waals surface area (Å²) in [5.41, 5.74) is 0. The van der Waals surface area contributed by atoms with Crippen molar-refractivity contribution in [1.29, 1.82) is 0 Å². The van der Waals surface area contributed by atoms with Gasteiger partial charge in [-0.1, -0.05) is 30.7 Å². The smallest absolute Gasteiger partial charge is 0.137 e. The van der Waals surface area contributed by atoms with E-state index in [1.165, 1.54) is 0 Å². The molecule has 17 heavy (non-hydrogen) atoms. The Balaban J connectivity index is 2.33. The van der Waals surface area contributed by atoms with Gasteiger partial charge in [0.2, 0.25) is 0 Å². The molecule has 0 amide bonds. The number of hydrogen-bond acceptors (Lipinski definition) is 3. The maximum atomic E-state index is 8.92. The van der Waals surface area contributed by atoms with Crippen LogP contribution in [0.3, 0.4) is 0 Å². The Kier molecular flexibility index (Phi) is 7.01. The Hall–Kier alpha value is -0.770. The number of ether oxygens (including phenoxy) is 1. The molecule has 0 heterocycles. The summed E-state index contributed by atoms with van der Waals surface area (Å²) in [5, 5.41) is 9.56. The fourth-order valence-electron chi connectivity index (χ4n) is 1.64. The average Bonchev–Trinajstić information content (AvgIpc) is 2.32. The summed E-state index contributed by atoms with van der Waals surface area (Å²) in [6.07, 6.45) is 1.08. The molecular formula is C13H20ClNO2. The molecule has 0 bridgehead atoms. The molecule has 96 valence electrons. The molecule has 0 saturated heterocycles. The molecule has 0 aliphatic carbocycles. The van der Waals surface area contributed by atoms with Crippen LogP contribution >= 0.6 is 11.6 Å². The zero-order chi connectivity index (χ0) is 12.5. The van der Waals surface area contributed by atoms with Crippen LogP contribution in [0.1, 0.15) is 13.3 Å². The number of hydrogen-bond donors (Lipinski definition) is 1. The normalized spacial score (nSPS) is 10.8. The van der Waals surface area contributed by atoms with Crippen molar-refractivity contribution >= 4 is 11.6 Å². The molecule has 0 radical (unpaired) electrons. The fraction of sp³-hybridized carbons (Fsp3) is 0.538. The van der Waals surface area contributed by atoms with Crippen molar-refractivity contribution < 1.29 is 9.84 Å². The lowest BCUT2D eigenvalue weighted by Gasteiger charge is -2.20. The van der Waals surface area contributed by atoms with Crippen LogP contribution in [0, 0.1) is 0 Å². The highest BCUT2D eigenvalue weighted by molar-refractivity contribution is 6.32. The molecule has 1 aromatic rings. The predicted octanol–water partition coefficient (Wildman–Crippen LogP) is 2.42. The first-order valence-electron chi connectivity index (χ1n) is 5.98. The van der Waals surface area contributed by atoms with E-state index in [1.807, 2.05) is 24.3 Å². The van der Waals surface area contributed by atoms with Gasteiger partial charge in [0.25, 0.3) is 0 Å². The molecule has 1 N–H and O–H groups in total. The van der Waals surface area contributed by atoms with E-state index >= 15 is 0 Å². The predicted molar refractivity (Wildman–Crippen MR) is 70.8 cm³/mol. The van der Waals surface area contributed by atoms with Gasteiger partial charge in [0.1, 0.15) is 12.4 Å². The van der Waals surface area contributed by atoms with E-state index in [2.05, 4.69) is 11.8 Å². The Morgan fingerprint density at radius 1 is 1.24 bits per heavy atom. The number of benzene rings is 1. The van der Waals surface area contributed by atoms with Crippen molar-refractivity contribution in [3.05, 3.63) is 29.3 Å². The number of halogens is 1. The van der Waals surface area contributed by atoms with Gasteiger partial charge in [0, 0.05) is 13.1 Å². The van der Waals surface area contributed by atoms with Gasteiger partial charge in [-0.15, -0.1) is 0 Å². The van der Waals surface area contributed by atoms with E-state index in [0.717, 1.165) is 25.3 Å². The van der Waals surface area contributed by atoms with E-state index in [4.69, 9.17) is 21.4 Å². The highest BCUT2D eigenvalue weighted by Gasteiger charge is 2.04. The molecule has 0 saturated carbocycles. The van der Waals surface area contributed by atoms with Crippen molar-refractivity contribution in [1.82, 2.24) is 4.90 Å². The van der Waals surface area contributed by atoms with Gasteiger partial charge < -0.3 is 9.84 Å². The molecule has 0 aliphatic rings. The number of rotatable bonds is 8. The largest absolute Gasteiger partial charge is 0.491 e. The molecule has 1 aromatic carbocycles. The summed E-state index contributed by atoms with van der Waals surface area (Å²) in [6, 6.07) is 7.45. The van der Waals surface area contributed by atoms with Crippen molar-refractivity contribution in [3.8, 4) is 5.75 Å². The van der Waals surface area contributed by atoms with Gasteiger partial charge in [-0.25, -0.2) is 0 Å². The summed E-state index contributed by atoms with van der Waals surface area (Å²) < 4.78 is 5.60. The fourth-order valence-corrected chi connectivity index (χ4v) is 1.83. The van der Waals surface area contributed by atoms with Gasteiger partial charge in [-0.05, 0) is 25.1 Å². The summed E-state index contributed by atoms with van der Waals surface area (Å²) in [5.74, 6) is 0.717. The van der Waals surface area contributed by atoms with E-state index in [0.29, 0.717) is 18.2 Å². The number of nitrogens with zero attached hydrogens (tertiary/aromatic N) is 1. The highest BCUT2D eigenvalue weighted by atomic mass is 35.5. The molecule has 0 fully saturated rings. The zero-order valence-corrected chi connectivity index (χ0v) is 11.0. The summed E-state index contributed by atoms with van der Waals surface area (Å²) in [7, 11) is 0. The maximum absolute atomic E-state index is 8.92. The van der Waals surface area contributed by atoms with Crippen LogP contribution in [0.4, 0.5) is 0 Å². The molecule has 1 rings (SSSR count). The summed E-state index contributed by atoms with van der Waals surface area (Å²) >= 11 is 5.98.